The minimum atomic E-state index is -0.327. The van der Waals surface area contributed by atoms with Crippen molar-refractivity contribution in [3.8, 4) is 0 Å². The molecule has 3 N–H and O–H groups in total. The van der Waals surface area contributed by atoms with Gasteiger partial charge < -0.3 is 16.0 Å². The highest BCUT2D eigenvalue weighted by molar-refractivity contribution is 6.15. The first-order chi connectivity index (χ1) is 16.4. The number of nitrogens with one attached hydrogen (secondary N) is 3. The number of carbonyl (C=O) groups is 4. The molecule has 0 fully saturated rings. The maximum atomic E-state index is 13.0. The number of hydrogen-bond donors (Lipinski definition) is 3. The van der Waals surface area contributed by atoms with Crippen LogP contribution in [0.15, 0.2) is 78.9 Å². The van der Waals surface area contributed by atoms with Gasteiger partial charge >= 0.3 is 0 Å². The predicted octanol–water partition coefficient (Wildman–Crippen LogP) is 3.90. The lowest BCUT2D eigenvalue weighted by Gasteiger charge is -2.29. The average molecular weight is 454 g/mol. The summed E-state index contributed by atoms with van der Waals surface area (Å²) in [5.41, 5.74) is 3.64. The number of carbonyl (C=O) groups excluding carboxylic acids is 4. The van der Waals surface area contributed by atoms with Crippen LogP contribution >= 0.6 is 0 Å². The molecule has 0 aromatic heterocycles. The fourth-order valence-electron chi connectivity index (χ4n) is 3.50. The second kappa shape index (κ2) is 9.83. The Kier molecular flexibility index (Phi) is 6.49. The molecule has 8 nitrogen and oxygen atoms in total. The van der Waals surface area contributed by atoms with Crippen LogP contribution in [0.4, 0.5) is 22.7 Å². The van der Waals surface area contributed by atoms with Crippen molar-refractivity contribution in [3.05, 3.63) is 90.0 Å². The van der Waals surface area contributed by atoms with Gasteiger partial charge in [0.15, 0.2) is 0 Å². The van der Waals surface area contributed by atoms with Crippen LogP contribution in [-0.4, -0.2) is 30.2 Å². The topological polar surface area (TPSA) is 108 Å². The van der Waals surface area contributed by atoms with Gasteiger partial charge in [-0.25, -0.2) is 0 Å². The minimum absolute atomic E-state index is 0.0646. The minimum Gasteiger partial charge on any atom is -0.326 e. The molecule has 0 aliphatic carbocycles. The maximum absolute atomic E-state index is 13.0. The molecule has 34 heavy (non-hydrogen) atoms. The molecule has 1 aliphatic rings. The average Bonchev–Trinajstić information content (AvgIpc) is 2.83. The molecule has 0 saturated carbocycles. The molecular weight excluding hydrogens is 432 g/mol. The maximum Gasteiger partial charge on any atom is 0.258 e. The summed E-state index contributed by atoms with van der Waals surface area (Å²) < 4.78 is 0. The van der Waals surface area contributed by atoms with Gasteiger partial charge in [0, 0.05) is 29.9 Å². The van der Waals surface area contributed by atoms with Crippen LogP contribution in [0.2, 0.25) is 0 Å². The van der Waals surface area contributed by atoms with Gasteiger partial charge in [0.1, 0.15) is 6.54 Å². The van der Waals surface area contributed by atoms with E-state index in [0.29, 0.717) is 28.3 Å². The monoisotopic (exact) mass is 454 g/mol. The highest BCUT2D eigenvalue weighted by atomic mass is 16.2. The van der Waals surface area contributed by atoms with E-state index in [4.69, 9.17) is 0 Å². The fraction of sp³-hybridized carbons (Fsp3) is 0.0769. The smallest absolute Gasteiger partial charge is 0.258 e. The number of fused-ring (bicyclic) bond motifs is 1. The quantitative estimate of drug-likeness (QED) is 0.508. The Balaban J connectivity index is 1.39. The molecule has 0 bridgehead atoms. The second-order valence-electron chi connectivity index (χ2n) is 7.66. The molecule has 170 valence electrons. The molecule has 1 heterocycles. The molecule has 0 radical (unpaired) electrons. The molecular formula is C26H22N4O4. The summed E-state index contributed by atoms with van der Waals surface area (Å²) in [6.07, 6.45) is 3.05. The standard InChI is InChI=1S/C26H22N4O4/c1-17(31)27-20-11-6-18(7-12-20)8-15-24(32)28-21-13-9-19(10-14-21)26(34)30-16-25(33)29-22-4-2-3-5-23(22)30/h2-15H,16H2,1H3,(H,27,31)(H,28,32)(H,29,33)/b15-8+. The lowest BCUT2D eigenvalue weighted by Crippen LogP contribution is -2.42. The van der Waals surface area contributed by atoms with E-state index in [9.17, 15) is 19.2 Å². The molecule has 8 heteroatoms. The van der Waals surface area contributed by atoms with Gasteiger partial charge in [-0.2, -0.15) is 0 Å². The van der Waals surface area contributed by atoms with Crippen molar-refractivity contribution in [1.29, 1.82) is 0 Å². The van der Waals surface area contributed by atoms with Crippen LogP contribution < -0.4 is 20.9 Å². The Labute approximate surface area is 196 Å². The fourth-order valence-corrected chi connectivity index (χ4v) is 3.50. The molecule has 0 saturated heterocycles. The third kappa shape index (κ3) is 5.36. The van der Waals surface area contributed by atoms with E-state index in [1.54, 1.807) is 78.9 Å². The van der Waals surface area contributed by atoms with Gasteiger partial charge in [-0.3, -0.25) is 24.1 Å². The molecule has 0 spiro atoms. The normalized spacial score (nSPS) is 12.6. The summed E-state index contributed by atoms with van der Waals surface area (Å²) in [5, 5.41) is 8.18. The van der Waals surface area contributed by atoms with Gasteiger partial charge in [-0.15, -0.1) is 0 Å². The Morgan fingerprint density at radius 2 is 1.53 bits per heavy atom. The van der Waals surface area contributed by atoms with Crippen molar-refractivity contribution in [2.24, 2.45) is 0 Å². The van der Waals surface area contributed by atoms with Crippen molar-refractivity contribution in [1.82, 2.24) is 0 Å². The molecule has 3 aromatic carbocycles. The molecule has 1 aliphatic heterocycles. The van der Waals surface area contributed by atoms with Gasteiger partial charge in [0.25, 0.3) is 5.91 Å². The van der Waals surface area contributed by atoms with Crippen LogP contribution in [0.3, 0.4) is 0 Å². The van der Waals surface area contributed by atoms with Crippen molar-refractivity contribution in [2.45, 2.75) is 6.92 Å². The zero-order chi connectivity index (χ0) is 24.1. The van der Waals surface area contributed by atoms with Crippen LogP contribution in [0.25, 0.3) is 6.08 Å². The van der Waals surface area contributed by atoms with Gasteiger partial charge in [0.05, 0.1) is 11.4 Å². The summed E-state index contributed by atoms with van der Waals surface area (Å²) >= 11 is 0. The van der Waals surface area contributed by atoms with E-state index in [0.717, 1.165) is 5.56 Å². The van der Waals surface area contributed by atoms with E-state index in [2.05, 4.69) is 16.0 Å². The molecule has 4 amide bonds. The molecule has 3 aromatic rings. The third-order valence-electron chi connectivity index (χ3n) is 5.07. The summed E-state index contributed by atoms with van der Waals surface area (Å²) in [5.74, 6) is -1.04. The van der Waals surface area contributed by atoms with Crippen LogP contribution in [-0.2, 0) is 14.4 Å². The van der Waals surface area contributed by atoms with Crippen LogP contribution in [0.5, 0.6) is 0 Å². The van der Waals surface area contributed by atoms with E-state index >= 15 is 0 Å². The Hall–Kier alpha value is -4.72. The SMILES string of the molecule is CC(=O)Nc1ccc(/C=C/C(=O)Nc2ccc(C(=O)N3CC(=O)Nc4ccccc43)cc2)cc1. The Bertz CT molecular complexity index is 1280. The van der Waals surface area contributed by atoms with Crippen molar-refractivity contribution >= 4 is 52.5 Å². The lowest BCUT2D eigenvalue weighted by atomic mass is 10.1. The first kappa shape index (κ1) is 22.5. The lowest BCUT2D eigenvalue weighted by molar-refractivity contribution is -0.115. The number of benzene rings is 3. The number of para-hydroxylation sites is 2. The predicted molar refractivity (Wildman–Crippen MR) is 132 cm³/mol. The number of hydrogen-bond acceptors (Lipinski definition) is 4. The Morgan fingerprint density at radius 1 is 0.882 bits per heavy atom. The van der Waals surface area contributed by atoms with Crippen molar-refractivity contribution < 1.29 is 19.2 Å². The zero-order valence-corrected chi connectivity index (χ0v) is 18.4. The van der Waals surface area contributed by atoms with E-state index in [1.807, 2.05) is 0 Å². The van der Waals surface area contributed by atoms with E-state index < -0.39 is 0 Å². The zero-order valence-electron chi connectivity index (χ0n) is 18.4. The molecule has 0 unspecified atom stereocenters. The van der Waals surface area contributed by atoms with E-state index in [-0.39, 0.29) is 30.2 Å². The number of rotatable bonds is 5. The third-order valence-corrected chi connectivity index (χ3v) is 5.07. The van der Waals surface area contributed by atoms with Crippen LogP contribution in [0.1, 0.15) is 22.8 Å². The number of amides is 4. The first-order valence-corrected chi connectivity index (χ1v) is 10.6. The summed E-state index contributed by atoms with van der Waals surface area (Å²) in [7, 11) is 0. The first-order valence-electron chi connectivity index (χ1n) is 10.6. The molecule has 4 rings (SSSR count). The van der Waals surface area contributed by atoms with Crippen molar-refractivity contribution in [2.75, 3.05) is 27.4 Å². The van der Waals surface area contributed by atoms with Gasteiger partial charge in [-0.1, -0.05) is 24.3 Å². The van der Waals surface area contributed by atoms with Gasteiger partial charge in [-0.05, 0) is 60.2 Å². The number of anilines is 4. The van der Waals surface area contributed by atoms with E-state index in [1.165, 1.54) is 17.9 Å². The second-order valence-corrected chi connectivity index (χ2v) is 7.66. The van der Waals surface area contributed by atoms with Crippen molar-refractivity contribution in [3.63, 3.8) is 0 Å². The summed E-state index contributed by atoms with van der Waals surface area (Å²) in [6.45, 7) is 1.37. The largest absolute Gasteiger partial charge is 0.326 e. The highest BCUT2D eigenvalue weighted by Gasteiger charge is 2.27. The van der Waals surface area contributed by atoms with Crippen LogP contribution in [0, 0.1) is 0 Å². The summed E-state index contributed by atoms with van der Waals surface area (Å²) in [6, 6.07) is 20.7. The highest BCUT2D eigenvalue weighted by Crippen LogP contribution is 2.30. The number of nitrogens with zero attached hydrogens (tertiary/aromatic N) is 1. The Morgan fingerprint density at radius 3 is 2.24 bits per heavy atom. The summed E-state index contributed by atoms with van der Waals surface area (Å²) in [4.78, 5) is 49.8. The molecule has 0 atom stereocenters. The van der Waals surface area contributed by atoms with Gasteiger partial charge in [0.2, 0.25) is 17.7 Å².